The van der Waals surface area contributed by atoms with Crippen molar-refractivity contribution in [1.29, 1.82) is 0 Å². The van der Waals surface area contributed by atoms with Gasteiger partial charge in [0.25, 0.3) is 0 Å². The number of benzene rings is 2. The molecule has 0 aliphatic carbocycles. The van der Waals surface area contributed by atoms with Gasteiger partial charge in [-0.1, -0.05) is 24.3 Å². The van der Waals surface area contributed by atoms with E-state index in [2.05, 4.69) is 15.0 Å². The van der Waals surface area contributed by atoms with Crippen molar-refractivity contribution >= 4 is 28.9 Å². The summed E-state index contributed by atoms with van der Waals surface area (Å²) in [6, 6.07) is 9.57. The molecule has 0 spiro atoms. The van der Waals surface area contributed by atoms with Gasteiger partial charge in [-0.25, -0.2) is 18.7 Å². The minimum absolute atomic E-state index is 0.0565. The largest absolute Gasteiger partial charge is 0.366 e. The second kappa shape index (κ2) is 7.67. The molecular weight excluding hydrogens is 390 g/mol. The van der Waals surface area contributed by atoms with Gasteiger partial charge in [-0.2, -0.15) is 0 Å². The third-order valence-electron chi connectivity index (χ3n) is 4.46. The van der Waals surface area contributed by atoms with Crippen LogP contribution in [-0.4, -0.2) is 26.6 Å². The summed E-state index contributed by atoms with van der Waals surface area (Å²) in [6.45, 7) is 0. The number of hydrogen-bond acceptors (Lipinski definition) is 4. The number of fused-ring (bicyclic) bond motifs is 1. The lowest BCUT2D eigenvalue weighted by molar-refractivity contribution is -0.113. The number of carbonyl (C=O) groups is 2. The van der Waals surface area contributed by atoms with Gasteiger partial charge in [0, 0.05) is 34.5 Å². The highest BCUT2D eigenvalue weighted by Crippen LogP contribution is 2.23. The van der Waals surface area contributed by atoms with E-state index in [4.69, 9.17) is 5.73 Å². The Labute approximate surface area is 169 Å². The van der Waals surface area contributed by atoms with Gasteiger partial charge in [0.1, 0.15) is 5.52 Å². The normalized spacial score (nSPS) is 11.3. The van der Waals surface area contributed by atoms with Crippen LogP contribution < -0.4 is 5.73 Å². The molecule has 0 aliphatic rings. The number of halogens is 2. The predicted molar refractivity (Wildman–Crippen MR) is 107 cm³/mol. The minimum atomic E-state index is -1.08. The number of nitrogens with two attached hydrogens (primary N) is 1. The average Bonchev–Trinajstić information content (AvgIpc) is 3.16. The molecule has 8 heteroatoms. The minimum Gasteiger partial charge on any atom is -0.366 e. The maximum absolute atomic E-state index is 13.4. The first kappa shape index (κ1) is 19.1. The molecule has 0 fully saturated rings. The molecule has 0 unspecified atom stereocenters. The first-order chi connectivity index (χ1) is 14.4. The predicted octanol–water partition coefficient (Wildman–Crippen LogP) is 3.63. The maximum atomic E-state index is 13.4. The van der Waals surface area contributed by atoms with Gasteiger partial charge in [-0.15, -0.1) is 0 Å². The molecule has 2 heterocycles. The van der Waals surface area contributed by atoms with Crippen molar-refractivity contribution in [1.82, 2.24) is 15.0 Å². The van der Waals surface area contributed by atoms with Crippen LogP contribution in [0.5, 0.6) is 0 Å². The van der Waals surface area contributed by atoms with E-state index in [0.717, 1.165) is 12.1 Å². The lowest BCUT2D eigenvalue weighted by atomic mass is 10.0. The van der Waals surface area contributed by atoms with Gasteiger partial charge in [-0.3, -0.25) is 9.59 Å². The number of aromatic nitrogens is 3. The lowest BCUT2D eigenvalue weighted by Gasteiger charge is -2.05. The Hall–Kier alpha value is -4.20. The fraction of sp³-hybridized carbons (Fsp3) is 0. The number of primary amides is 1. The van der Waals surface area contributed by atoms with Crippen molar-refractivity contribution in [2.24, 2.45) is 5.73 Å². The van der Waals surface area contributed by atoms with Crippen molar-refractivity contribution in [2.45, 2.75) is 0 Å². The molecule has 6 nitrogen and oxygen atoms in total. The molecule has 0 saturated carbocycles. The monoisotopic (exact) mass is 404 g/mol. The average molecular weight is 404 g/mol. The molecule has 148 valence electrons. The topological polar surface area (TPSA) is 102 Å². The number of rotatable bonds is 5. The number of carbonyl (C=O) groups excluding carboxylic acids is 2. The van der Waals surface area contributed by atoms with Crippen LogP contribution in [0.4, 0.5) is 8.78 Å². The number of amides is 1. The zero-order valence-corrected chi connectivity index (χ0v) is 15.4. The number of nitrogens with one attached hydrogen (secondary N) is 1. The standard InChI is InChI=1S/C22H14F2N4O2/c23-16-7-5-14(9-17(16)24)21(30)13-3-1-12(2-4-13)18-11-27-22-20(28-18)15(10-26-22)6-8-19(25)29/h1-11H,(H2,25,29)(H,26,27)/b8-6+. The van der Waals surface area contributed by atoms with E-state index >= 15 is 0 Å². The van der Waals surface area contributed by atoms with E-state index < -0.39 is 23.3 Å². The Kier molecular flexibility index (Phi) is 4.89. The molecular formula is C22H14F2N4O2. The van der Waals surface area contributed by atoms with Crippen molar-refractivity contribution in [2.75, 3.05) is 0 Å². The summed E-state index contributed by atoms with van der Waals surface area (Å²) in [5.41, 5.74) is 8.54. The third kappa shape index (κ3) is 3.70. The zero-order valence-electron chi connectivity index (χ0n) is 15.4. The summed E-state index contributed by atoms with van der Waals surface area (Å²) in [7, 11) is 0. The molecule has 0 saturated heterocycles. The summed E-state index contributed by atoms with van der Waals surface area (Å²) in [4.78, 5) is 35.3. The van der Waals surface area contributed by atoms with E-state index in [0.29, 0.717) is 33.5 Å². The highest BCUT2D eigenvalue weighted by Gasteiger charge is 2.13. The zero-order chi connectivity index (χ0) is 21.3. The Morgan fingerprint density at radius 1 is 1.00 bits per heavy atom. The molecule has 4 rings (SSSR count). The molecule has 0 aliphatic heterocycles. The van der Waals surface area contributed by atoms with Crippen LogP contribution in [0.1, 0.15) is 21.5 Å². The summed E-state index contributed by atoms with van der Waals surface area (Å²) < 4.78 is 26.5. The Balaban J connectivity index is 1.64. The summed E-state index contributed by atoms with van der Waals surface area (Å²) >= 11 is 0. The van der Waals surface area contributed by atoms with Crippen LogP contribution in [0, 0.1) is 11.6 Å². The second-order valence-corrected chi connectivity index (χ2v) is 6.47. The molecule has 2 aromatic heterocycles. The third-order valence-corrected chi connectivity index (χ3v) is 4.46. The first-order valence-electron chi connectivity index (χ1n) is 8.84. The molecule has 3 N–H and O–H groups in total. The molecule has 0 atom stereocenters. The smallest absolute Gasteiger partial charge is 0.241 e. The molecule has 2 aromatic carbocycles. The lowest BCUT2D eigenvalue weighted by Crippen LogP contribution is -2.05. The van der Waals surface area contributed by atoms with Crippen LogP contribution in [0.2, 0.25) is 0 Å². The Bertz CT molecular complexity index is 1310. The summed E-state index contributed by atoms with van der Waals surface area (Å²) in [5.74, 6) is -3.08. The number of H-pyrrole nitrogens is 1. The maximum Gasteiger partial charge on any atom is 0.241 e. The van der Waals surface area contributed by atoms with Crippen LogP contribution >= 0.6 is 0 Å². The van der Waals surface area contributed by atoms with Crippen LogP contribution in [0.3, 0.4) is 0 Å². The van der Waals surface area contributed by atoms with E-state index in [9.17, 15) is 18.4 Å². The van der Waals surface area contributed by atoms with Gasteiger partial charge in [-0.05, 0) is 24.3 Å². The van der Waals surface area contributed by atoms with Crippen molar-refractivity contribution in [3.63, 3.8) is 0 Å². The molecule has 1 amide bonds. The van der Waals surface area contributed by atoms with E-state index in [1.54, 1.807) is 42.7 Å². The number of aromatic amines is 1. The van der Waals surface area contributed by atoms with Crippen LogP contribution in [0.15, 0.2) is 60.9 Å². The van der Waals surface area contributed by atoms with Gasteiger partial charge < -0.3 is 10.7 Å². The Morgan fingerprint density at radius 2 is 1.73 bits per heavy atom. The van der Waals surface area contributed by atoms with Gasteiger partial charge in [0.05, 0.1) is 11.9 Å². The highest BCUT2D eigenvalue weighted by atomic mass is 19.2. The van der Waals surface area contributed by atoms with Crippen molar-refractivity contribution < 1.29 is 18.4 Å². The second-order valence-electron chi connectivity index (χ2n) is 6.47. The number of ketones is 1. The fourth-order valence-corrected chi connectivity index (χ4v) is 2.94. The van der Waals surface area contributed by atoms with E-state index in [-0.39, 0.29) is 5.56 Å². The van der Waals surface area contributed by atoms with E-state index in [1.807, 2.05) is 0 Å². The Morgan fingerprint density at radius 3 is 2.43 bits per heavy atom. The molecule has 0 bridgehead atoms. The fourth-order valence-electron chi connectivity index (χ4n) is 2.94. The van der Waals surface area contributed by atoms with Crippen LogP contribution in [-0.2, 0) is 4.79 Å². The summed E-state index contributed by atoms with van der Waals surface area (Å²) in [5, 5.41) is 0. The SMILES string of the molecule is NC(=O)/C=C/c1c[nH]c2ncc(-c3ccc(C(=O)c4ccc(F)c(F)c4)cc3)nc12. The van der Waals surface area contributed by atoms with Crippen molar-refractivity contribution in [3.8, 4) is 11.3 Å². The van der Waals surface area contributed by atoms with Gasteiger partial charge in [0.15, 0.2) is 23.1 Å². The van der Waals surface area contributed by atoms with Crippen molar-refractivity contribution in [3.05, 3.63) is 89.3 Å². The molecule has 0 radical (unpaired) electrons. The first-order valence-corrected chi connectivity index (χ1v) is 8.84. The summed E-state index contributed by atoms with van der Waals surface area (Å²) in [6.07, 6.45) is 6.02. The highest BCUT2D eigenvalue weighted by molar-refractivity contribution is 6.09. The number of nitrogens with zero attached hydrogens (tertiary/aromatic N) is 2. The van der Waals surface area contributed by atoms with Crippen LogP contribution in [0.25, 0.3) is 28.5 Å². The van der Waals surface area contributed by atoms with Gasteiger partial charge in [0.2, 0.25) is 5.91 Å². The van der Waals surface area contributed by atoms with E-state index in [1.165, 1.54) is 12.1 Å². The van der Waals surface area contributed by atoms with Gasteiger partial charge >= 0.3 is 0 Å². The molecule has 30 heavy (non-hydrogen) atoms. The quantitative estimate of drug-likeness (QED) is 0.392. The number of hydrogen-bond donors (Lipinski definition) is 2. The molecule has 4 aromatic rings.